The maximum Gasteiger partial charge on any atom is 0.0247 e. The average Bonchev–Trinajstić information content (AvgIpc) is 2.71. The first kappa shape index (κ1) is 10.8. The van der Waals surface area contributed by atoms with Gasteiger partial charge in [0.15, 0.2) is 0 Å². The minimum Gasteiger partial charge on any atom is -0.319 e. The van der Waals surface area contributed by atoms with Crippen molar-refractivity contribution in [3.63, 3.8) is 0 Å². The highest BCUT2D eigenvalue weighted by Crippen LogP contribution is 2.35. The van der Waals surface area contributed by atoms with Gasteiger partial charge in [0.05, 0.1) is 0 Å². The molecule has 3 rings (SSSR count). The third-order valence-electron chi connectivity index (χ3n) is 4.15. The summed E-state index contributed by atoms with van der Waals surface area (Å²) in [6, 6.07) is 3.17. The minimum atomic E-state index is 0.848. The molecule has 0 radical (unpaired) electrons. The third-order valence-corrected chi connectivity index (χ3v) is 5.17. The van der Waals surface area contributed by atoms with E-state index in [1.165, 1.54) is 38.9 Å². The van der Waals surface area contributed by atoms with Crippen LogP contribution in [0.15, 0.2) is 11.4 Å². The number of rotatable bonds is 3. The second kappa shape index (κ2) is 4.47. The van der Waals surface area contributed by atoms with Gasteiger partial charge in [-0.2, -0.15) is 0 Å². The van der Waals surface area contributed by atoms with Crippen molar-refractivity contribution < 1.29 is 0 Å². The zero-order chi connectivity index (χ0) is 11.0. The van der Waals surface area contributed by atoms with Crippen molar-refractivity contribution in [2.75, 3.05) is 20.1 Å². The Bertz CT molecular complexity index is 361. The van der Waals surface area contributed by atoms with Gasteiger partial charge in [-0.25, -0.2) is 0 Å². The van der Waals surface area contributed by atoms with Gasteiger partial charge in [-0.3, -0.25) is 4.90 Å². The Balaban J connectivity index is 1.65. The molecule has 0 aromatic carbocycles. The molecule has 2 atom stereocenters. The fourth-order valence-electron chi connectivity index (χ4n) is 3.09. The van der Waals surface area contributed by atoms with Crippen molar-refractivity contribution in [2.24, 2.45) is 5.92 Å². The molecule has 3 heteroatoms. The number of nitrogens with zero attached hydrogens (tertiary/aromatic N) is 1. The first-order valence-corrected chi connectivity index (χ1v) is 7.20. The first-order chi connectivity index (χ1) is 7.88. The van der Waals surface area contributed by atoms with E-state index in [0.29, 0.717) is 0 Å². The normalized spacial score (nSPS) is 29.8. The largest absolute Gasteiger partial charge is 0.319 e. The molecule has 2 heterocycles. The lowest BCUT2D eigenvalue weighted by Crippen LogP contribution is -2.51. The molecule has 0 amide bonds. The molecule has 1 saturated carbocycles. The van der Waals surface area contributed by atoms with Crippen LogP contribution in [-0.4, -0.2) is 31.1 Å². The van der Waals surface area contributed by atoms with Gasteiger partial charge in [-0.05, 0) is 55.8 Å². The second-order valence-electron chi connectivity index (χ2n) is 5.05. The van der Waals surface area contributed by atoms with Crippen LogP contribution < -0.4 is 5.32 Å². The predicted molar refractivity (Wildman–Crippen MR) is 68.9 cm³/mol. The number of fused-ring (bicyclic) bond motifs is 1. The van der Waals surface area contributed by atoms with Crippen molar-refractivity contribution in [1.82, 2.24) is 10.2 Å². The van der Waals surface area contributed by atoms with Gasteiger partial charge in [0, 0.05) is 24.0 Å². The van der Waals surface area contributed by atoms with Crippen LogP contribution in [0.4, 0.5) is 0 Å². The van der Waals surface area contributed by atoms with Crippen LogP contribution >= 0.6 is 11.3 Å². The van der Waals surface area contributed by atoms with Crippen LogP contribution in [0.3, 0.4) is 0 Å². The Morgan fingerprint density at radius 2 is 2.44 bits per heavy atom. The van der Waals surface area contributed by atoms with E-state index >= 15 is 0 Å². The van der Waals surface area contributed by atoms with Crippen molar-refractivity contribution in [2.45, 2.75) is 31.8 Å². The van der Waals surface area contributed by atoms with E-state index in [1.54, 1.807) is 10.4 Å². The first-order valence-electron chi connectivity index (χ1n) is 6.32. The summed E-state index contributed by atoms with van der Waals surface area (Å²) in [6.07, 6.45) is 4.10. The Morgan fingerprint density at radius 1 is 1.50 bits per heavy atom. The topological polar surface area (TPSA) is 15.3 Å². The second-order valence-corrected chi connectivity index (χ2v) is 6.05. The van der Waals surface area contributed by atoms with Gasteiger partial charge in [0.1, 0.15) is 0 Å². The van der Waals surface area contributed by atoms with Gasteiger partial charge >= 0.3 is 0 Å². The molecule has 16 heavy (non-hydrogen) atoms. The van der Waals surface area contributed by atoms with Gasteiger partial charge in [-0.1, -0.05) is 0 Å². The molecule has 2 aliphatic rings. The number of nitrogens with one attached hydrogen (secondary N) is 1. The summed E-state index contributed by atoms with van der Waals surface area (Å²) >= 11 is 1.94. The lowest BCUT2D eigenvalue weighted by molar-refractivity contribution is 0.0527. The maximum atomic E-state index is 3.33. The summed E-state index contributed by atoms with van der Waals surface area (Å²) in [4.78, 5) is 4.33. The molecule has 0 bridgehead atoms. The van der Waals surface area contributed by atoms with Gasteiger partial charge in [0.25, 0.3) is 0 Å². The molecule has 2 nitrogen and oxygen atoms in total. The van der Waals surface area contributed by atoms with Crippen molar-refractivity contribution >= 4 is 11.3 Å². The van der Waals surface area contributed by atoms with Crippen molar-refractivity contribution in [3.8, 4) is 0 Å². The fourth-order valence-corrected chi connectivity index (χ4v) is 3.98. The number of hydrogen-bond acceptors (Lipinski definition) is 3. The van der Waals surface area contributed by atoms with Crippen LogP contribution in [0.1, 0.15) is 23.3 Å². The highest BCUT2D eigenvalue weighted by Gasteiger charge is 2.36. The molecule has 1 fully saturated rings. The molecule has 2 unspecified atom stereocenters. The smallest absolute Gasteiger partial charge is 0.0247 e. The van der Waals surface area contributed by atoms with Gasteiger partial charge in [0.2, 0.25) is 0 Å². The molecule has 1 aromatic rings. The molecular weight excluding hydrogens is 216 g/mol. The highest BCUT2D eigenvalue weighted by atomic mass is 32.1. The summed E-state index contributed by atoms with van der Waals surface area (Å²) in [5.74, 6) is 0.894. The monoisotopic (exact) mass is 236 g/mol. The summed E-state index contributed by atoms with van der Waals surface area (Å²) in [5, 5.41) is 5.58. The highest BCUT2D eigenvalue weighted by molar-refractivity contribution is 7.10. The fraction of sp³-hybridized carbons (Fsp3) is 0.692. The van der Waals surface area contributed by atoms with E-state index in [-0.39, 0.29) is 0 Å². The van der Waals surface area contributed by atoms with E-state index in [2.05, 4.69) is 28.7 Å². The maximum absolute atomic E-state index is 3.33. The quantitative estimate of drug-likeness (QED) is 0.864. The van der Waals surface area contributed by atoms with E-state index in [4.69, 9.17) is 0 Å². The Kier molecular flexibility index (Phi) is 3.01. The van der Waals surface area contributed by atoms with Crippen LogP contribution in [0, 0.1) is 5.92 Å². The zero-order valence-corrected chi connectivity index (χ0v) is 10.7. The van der Waals surface area contributed by atoms with Crippen LogP contribution in [0.25, 0.3) is 0 Å². The molecule has 1 aromatic heterocycles. The third kappa shape index (κ3) is 1.81. The average molecular weight is 236 g/mol. The molecule has 88 valence electrons. The van der Waals surface area contributed by atoms with Crippen LogP contribution in [0.5, 0.6) is 0 Å². The summed E-state index contributed by atoms with van der Waals surface area (Å²) in [7, 11) is 2.07. The Labute approximate surface area is 102 Å². The molecular formula is C13H20N2S. The summed E-state index contributed by atoms with van der Waals surface area (Å²) < 4.78 is 0. The van der Waals surface area contributed by atoms with E-state index in [9.17, 15) is 0 Å². The van der Waals surface area contributed by atoms with Gasteiger partial charge < -0.3 is 5.32 Å². The molecule has 0 saturated heterocycles. The van der Waals surface area contributed by atoms with Crippen LogP contribution in [0.2, 0.25) is 0 Å². The summed E-state index contributed by atoms with van der Waals surface area (Å²) in [5.41, 5.74) is 1.59. The summed E-state index contributed by atoms with van der Waals surface area (Å²) in [6.45, 7) is 3.67. The molecule has 1 aliphatic heterocycles. The van der Waals surface area contributed by atoms with Gasteiger partial charge in [-0.15, -0.1) is 11.3 Å². The van der Waals surface area contributed by atoms with E-state index in [0.717, 1.165) is 12.0 Å². The Hall–Kier alpha value is -0.380. The van der Waals surface area contributed by atoms with E-state index < -0.39 is 0 Å². The SMILES string of the molecule is CNCC1CCC1N1CCc2sccc2C1. The lowest BCUT2D eigenvalue weighted by Gasteiger charge is -2.46. The standard InChI is InChI=1S/C13H20N2S/c1-14-8-10-2-3-12(10)15-6-4-13-11(9-15)5-7-16-13/h5,7,10,12,14H,2-4,6,8-9H2,1H3. The van der Waals surface area contributed by atoms with Crippen LogP contribution in [-0.2, 0) is 13.0 Å². The molecule has 1 N–H and O–H groups in total. The molecule has 0 spiro atoms. The lowest BCUT2D eigenvalue weighted by atomic mass is 9.77. The zero-order valence-electron chi connectivity index (χ0n) is 9.91. The van der Waals surface area contributed by atoms with Crippen molar-refractivity contribution in [3.05, 3.63) is 21.9 Å². The molecule has 1 aliphatic carbocycles. The number of hydrogen-bond donors (Lipinski definition) is 1. The predicted octanol–water partition coefficient (Wildman–Crippen LogP) is 2.10. The number of thiophene rings is 1. The Morgan fingerprint density at radius 3 is 3.19 bits per heavy atom. The van der Waals surface area contributed by atoms with Crippen molar-refractivity contribution in [1.29, 1.82) is 0 Å². The minimum absolute atomic E-state index is 0.848. The van der Waals surface area contributed by atoms with E-state index in [1.807, 2.05) is 11.3 Å².